The molecule has 1 heterocycles. The van der Waals surface area contributed by atoms with Crippen molar-refractivity contribution in [3.05, 3.63) is 17.7 Å². The number of H-pyrrole nitrogens is 1. The maximum absolute atomic E-state index is 11.4. The molecule has 0 saturated heterocycles. The molecule has 0 aliphatic heterocycles. The van der Waals surface area contributed by atoms with Crippen molar-refractivity contribution in [3.63, 3.8) is 0 Å². The van der Waals surface area contributed by atoms with Gasteiger partial charge in [-0.15, -0.1) is 12.4 Å². The van der Waals surface area contributed by atoms with Crippen molar-refractivity contribution in [2.75, 3.05) is 6.61 Å². The van der Waals surface area contributed by atoms with Gasteiger partial charge in [-0.1, -0.05) is 0 Å². The van der Waals surface area contributed by atoms with Crippen molar-refractivity contribution in [2.24, 2.45) is 0 Å². The molecule has 0 unspecified atom stereocenters. The van der Waals surface area contributed by atoms with E-state index in [-0.39, 0.29) is 24.7 Å². The molecule has 0 aromatic carbocycles. The van der Waals surface area contributed by atoms with Gasteiger partial charge in [0, 0.05) is 0 Å². The smallest absolute Gasteiger partial charge is 0.358 e. The highest BCUT2D eigenvalue weighted by molar-refractivity contribution is 5.88. The SMILES string of the molecule is CCOC(=O)c1nc[nH]c1C(C)(C)O.Cl. The summed E-state index contributed by atoms with van der Waals surface area (Å²) < 4.78 is 4.79. The third kappa shape index (κ3) is 3.21. The van der Waals surface area contributed by atoms with E-state index in [1.54, 1.807) is 20.8 Å². The van der Waals surface area contributed by atoms with Crippen molar-refractivity contribution < 1.29 is 14.6 Å². The summed E-state index contributed by atoms with van der Waals surface area (Å²) in [5.41, 5.74) is -0.617. The Bertz CT molecular complexity index is 330. The van der Waals surface area contributed by atoms with Gasteiger partial charge in [-0.25, -0.2) is 9.78 Å². The lowest BCUT2D eigenvalue weighted by Crippen LogP contribution is -2.21. The summed E-state index contributed by atoms with van der Waals surface area (Å²) in [7, 11) is 0. The summed E-state index contributed by atoms with van der Waals surface area (Å²) in [5.74, 6) is -0.522. The van der Waals surface area contributed by atoms with Crippen LogP contribution in [-0.4, -0.2) is 27.7 Å². The molecular formula is C9H15ClN2O3. The monoisotopic (exact) mass is 234 g/mol. The molecule has 0 aliphatic rings. The normalized spacial score (nSPS) is 10.7. The Balaban J connectivity index is 0.00000196. The molecule has 1 aromatic heterocycles. The van der Waals surface area contributed by atoms with Crippen molar-refractivity contribution in [2.45, 2.75) is 26.4 Å². The fraction of sp³-hybridized carbons (Fsp3) is 0.556. The van der Waals surface area contributed by atoms with Gasteiger partial charge in [-0.3, -0.25) is 0 Å². The van der Waals surface area contributed by atoms with Gasteiger partial charge in [0.1, 0.15) is 5.60 Å². The summed E-state index contributed by atoms with van der Waals surface area (Å²) in [4.78, 5) is 17.9. The van der Waals surface area contributed by atoms with Gasteiger partial charge in [0.15, 0.2) is 5.69 Å². The molecule has 1 rings (SSSR count). The van der Waals surface area contributed by atoms with Crippen LogP contribution in [0.25, 0.3) is 0 Å². The lowest BCUT2D eigenvalue weighted by atomic mass is 10.0. The molecule has 0 atom stereocenters. The molecule has 6 heteroatoms. The maximum atomic E-state index is 11.4. The quantitative estimate of drug-likeness (QED) is 0.772. The minimum absolute atomic E-state index is 0. The van der Waals surface area contributed by atoms with Crippen LogP contribution in [0.3, 0.4) is 0 Å². The highest BCUT2D eigenvalue weighted by atomic mass is 35.5. The van der Waals surface area contributed by atoms with E-state index < -0.39 is 11.6 Å². The first-order valence-corrected chi connectivity index (χ1v) is 4.40. The Morgan fingerprint density at radius 3 is 2.73 bits per heavy atom. The standard InChI is InChI=1S/C9H14N2O3.ClH/c1-4-14-8(12)6-7(9(2,3)13)11-5-10-6;/h5,13H,4H2,1-3H3,(H,10,11);1H. The molecule has 86 valence electrons. The van der Waals surface area contributed by atoms with E-state index >= 15 is 0 Å². The highest BCUT2D eigenvalue weighted by Gasteiger charge is 2.26. The lowest BCUT2D eigenvalue weighted by Gasteiger charge is -2.16. The van der Waals surface area contributed by atoms with Crippen LogP contribution < -0.4 is 0 Å². The molecule has 2 N–H and O–H groups in total. The first-order valence-electron chi connectivity index (χ1n) is 4.40. The minimum Gasteiger partial charge on any atom is -0.461 e. The molecule has 0 aliphatic carbocycles. The highest BCUT2D eigenvalue weighted by Crippen LogP contribution is 2.20. The molecular weight excluding hydrogens is 220 g/mol. The van der Waals surface area contributed by atoms with Crippen LogP contribution in [0.2, 0.25) is 0 Å². The largest absolute Gasteiger partial charge is 0.461 e. The third-order valence-corrected chi connectivity index (χ3v) is 1.72. The zero-order chi connectivity index (χ0) is 10.8. The number of hydrogen-bond donors (Lipinski definition) is 2. The number of carbonyl (C=O) groups excluding carboxylic acids is 1. The number of rotatable bonds is 3. The van der Waals surface area contributed by atoms with Crippen LogP contribution in [0, 0.1) is 0 Å². The molecule has 5 nitrogen and oxygen atoms in total. The van der Waals surface area contributed by atoms with Gasteiger partial charge < -0.3 is 14.8 Å². The van der Waals surface area contributed by atoms with E-state index in [0.29, 0.717) is 5.69 Å². The number of aromatic amines is 1. The van der Waals surface area contributed by atoms with E-state index in [1.165, 1.54) is 6.33 Å². The van der Waals surface area contributed by atoms with Gasteiger partial charge >= 0.3 is 5.97 Å². The summed E-state index contributed by atoms with van der Waals surface area (Å²) in [6.45, 7) is 5.15. The molecule has 15 heavy (non-hydrogen) atoms. The second-order valence-electron chi connectivity index (χ2n) is 3.41. The third-order valence-electron chi connectivity index (χ3n) is 1.72. The second kappa shape index (κ2) is 5.14. The van der Waals surface area contributed by atoms with Crippen LogP contribution in [0.1, 0.15) is 37.0 Å². The van der Waals surface area contributed by atoms with Crippen LogP contribution in [0.4, 0.5) is 0 Å². The Hall–Kier alpha value is -1.07. The number of imidazole rings is 1. The number of aromatic nitrogens is 2. The molecule has 0 saturated carbocycles. The van der Waals surface area contributed by atoms with Crippen LogP contribution in [0.5, 0.6) is 0 Å². The minimum atomic E-state index is -1.13. The average molecular weight is 235 g/mol. The number of carbonyl (C=O) groups is 1. The number of nitrogens with one attached hydrogen (secondary N) is 1. The van der Waals surface area contributed by atoms with E-state index in [0.717, 1.165) is 0 Å². The Labute approximate surface area is 94.3 Å². The molecule has 0 spiro atoms. The van der Waals surface area contributed by atoms with Gasteiger partial charge in [-0.05, 0) is 20.8 Å². The average Bonchev–Trinajstić information content (AvgIpc) is 2.50. The zero-order valence-electron chi connectivity index (χ0n) is 8.90. The molecule has 0 radical (unpaired) electrons. The number of nitrogens with zero attached hydrogens (tertiary/aromatic N) is 1. The summed E-state index contributed by atoms with van der Waals surface area (Å²) in [5, 5.41) is 9.70. The summed E-state index contributed by atoms with van der Waals surface area (Å²) in [6.07, 6.45) is 1.36. The topological polar surface area (TPSA) is 75.2 Å². The van der Waals surface area contributed by atoms with Gasteiger partial charge in [0.2, 0.25) is 0 Å². The van der Waals surface area contributed by atoms with E-state index in [9.17, 15) is 9.90 Å². The second-order valence-corrected chi connectivity index (χ2v) is 3.41. The Morgan fingerprint density at radius 1 is 1.67 bits per heavy atom. The molecule has 0 bridgehead atoms. The number of hydrogen-bond acceptors (Lipinski definition) is 4. The first kappa shape index (κ1) is 13.9. The predicted molar refractivity (Wildman–Crippen MR) is 57.0 cm³/mol. The number of esters is 1. The maximum Gasteiger partial charge on any atom is 0.358 e. The number of halogens is 1. The molecule has 1 aromatic rings. The molecule has 0 fully saturated rings. The van der Waals surface area contributed by atoms with Crippen molar-refractivity contribution >= 4 is 18.4 Å². The zero-order valence-corrected chi connectivity index (χ0v) is 9.72. The van der Waals surface area contributed by atoms with Crippen LogP contribution in [-0.2, 0) is 10.3 Å². The van der Waals surface area contributed by atoms with E-state index in [1.807, 2.05) is 0 Å². The number of aliphatic hydroxyl groups is 1. The van der Waals surface area contributed by atoms with Crippen molar-refractivity contribution in [3.8, 4) is 0 Å². The summed E-state index contributed by atoms with van der Waals surface area (Å²) in [6, 6.07) is 0. The number of ether oxygens (including phenoxy) is 1. The first-order chi connectivity index (χ1) is 6.46. The fourth-order valence-corrected chi connectivity index (χ4v) is 1.11. The van der Waals surface area contributed by atoms with E-state index in [2.05, 4.69) is 9.97 Å². The van der Waals surface area contributed by atoms with Crippen LogP contribution >= 0.6 is 12.4 Å². The van der Waals surface area contributed by atoms with E-state index in [4.69, 9.17) is 4.74 Å². The van der Waals surface area contributed by atoms with Gasteiger partial charge in [0.05, 0.1) is 18.6 Å². The Kier molecular flexibility index (Phi) is 4.77. The molecule has 0 amide bonds. The predicted octanol–water partition coefficient (Wildman–Crippen LogP) is 1.24. The fourth-order valence-electron chi connectivity index (χ4n) is 1.11. The Morgan fingerprint density at radius 2 is 2.27 bits per heavy atom. The lowest BCUT2D eigenvalue weighted by molar-refractivity contribution is 0.0476. The summed E-state index contributed by atoms with van der Waals surface area (Å²) >= 11 is 0. The van der Waals surface area contributed by atoms with Crippen molar-refractivity contribution in [1.29, 1.82) is 0 Å². The van der Waals surface area contributed by atoms with Gasteiger partial charge in [-0.2, -0.15) is 0 Å². The van der Waals surface area contributed by atoms with Crippen LogP contribution in [0.15, 0.2) is 6.33 Å². The van der Waals surface area contributed by atoms with Crippen molar-refractivity contribution in [1.82, 2.24) is 9.97 Å². The van der Waals surface area contributed by atoms with Gasteiger partial charge in [0.25, 0.3) is 0 Å².